The summed E-state index contributed by atoms with van der Waals surface area (Å²) < 4.78 is 47.5. The number of unbranched alkanes of at least 4 members (excludes halogenated alkanes) is 30. The molecule has 0 radical (unpaired) electrons. The van der Waals surface area contributed by atoms with E-state index in [-0.39, 0.29) is 6.42 Å². The summed E-state index contributed by atoms with van der Waals surface area (Å²) in [6.45, 7) is 3.23. The molecular formula is C48H93NO12S. The Kier molecular flexibility index (Phi) is 37.0. The molecule has 7 N–H and O–H groups in total. The van der Waals surface area contributed by atoms with E-state index in [1.54, 1.807) is 6.08 Å². The monoisotopic (exact) mass is 908 g/mol. The highest BCUT2D eigenvalue weighted by Gasteiger charge is 2.48. The normalized spacial score (nSPS) is 21.1. The smallest absolute Gasteiger partial charge is 0.394 e. The van der Waals surface area contributed by atoms with Gasteiger partial charge in [0.25, 0.3) is 0 Å². The number of carbonyl (C=O) groups is 1. The van der Waals surface area contributed by atoms with Gasteiger partial charge in [0, 0.05) is 0 Å². The van der Waals surface area contributed by atoms with Gasteiger partial charge >= 0.3 is 10.4 Å². The second-order valence-corrected chi connectivity index (χ2v) is 19.0. The van der Waals surface area contributed by atoms with Gasteiger partial charge in [0.1, 0.15) is 30.5 Å². The SMILES string of the molecule is CCCCCCCCCCCCCC=C[C@@H](O)[C@H](CO[C@@H]1O[C@H](CO)[C@H](O)[C@H](OS(=O)(=O)O)[C@H]1O)NC(=O)[C@H](O)CCCCCCCCCCCCCCCCCCCCCC. The first-order valence-electron chi connectivity index (χ1n) is 25.2. The number of hydrogen-bond acceptors (Lipinski definition) is 11. The van der Waals surface area contributed by atoms with E-state index in [4.69, 9.17) is 9.47 Å². The van der Waals surface area contributed by atoms with Crippen molar-refractivity contribution in [1.29, 1.82) is 0 Å². The van der Waals surface area contributed by atoms with Crippen LogP contribution in [-0.4, -0.2) is 107 Å². The molecule has 13 nitrogen and oxygen atoms in total. The highest BCUT2D eigenvalue weighted by atomic mass is 32.3. The van der Waals surface area contributed by atoms with E-state index in [1.165, 1.54) is 154 Å². The maximum atomic E-state index is 13.1. The fraction of sp³-hybridized carbons (Fsp3) is 0.938. The number of aliphatic hydroxyl groups is 5. The standard InChI is InChI=1S/C48H93NO12S/c1-3-5-7-9-11-13-15-17-18-19-20-21-22-23-25-27-29-31-33-35-37-42(52)47(55)49-40(41(51)36-34-32-30-28-26-24-16-14-12-10-8-6-4-2)39-59-48-45(54)46(61-62(56,57)58)44(53)43(38-50)60-48/h34,36,40-46,48,50-54H,3-33,35,37-39H2,1-2H3,(H,49,55)(H,56,57,58)/t40-,41+,42+,43+,44-,45+,46-,48+/m0/s1. The molecule has 0 bridgehead atoms. The van der Waals surface area contributed by atoms with Crippen LogP contribution in [0.2, 0.25) is 0 Å². The Morgan fingerprint density at radius 3 is 1.45 bits per heavy atom. The molecule has 1 rings (SSSR count). The zero-order valence-electron chi connectivity index (χ0n) is 39.1. The van der Waals surface area contributed by atoms with Gasteiger partial charge in [-0.1, -0.05) is 219 Å². The number of nitrogens with one attached hydrogen (secondary N) is 1. The van der Waals surface area contributed by atoms with Gasteiger partial charge < -0.3 is 40.3 Å². The maximum Gasteiger partial charge on any atom is 0.397 e. The van der Waals surface area contributed by atoms with E-state index in [0.29, 0.717) is 12.8 Å². The topological polar surface area (TPSA) is 212 Å². The van der Waals surface area contributed by atoms with Crippen molar-refractivity contribution >= 4 is 16.3 Å². The number of rotatable bonds is 43. The predicted molar refractivity (Wildman–Crippen MR) is 247 cm³/mol. The van der Waals surface area contributed by atoms with Crippen LogP contribution in [0, 0.1) is 0 Å². The van der Waals surface area contributed by atoms with E-state index in [2.05, 4.69) is 23.3 Å². The summed E-state index contributed by atoms with van der Waals surface area (Å²) in [7, 11) is -5.12. The average Bonchev–Trinajstić information content (AvgIpc) is 3.24. The Balaban J connectivity index is 2.49. The minimum atomic E-state index is -5.12. The fourth-order valence-electron chi connectivity index (χ4n) is 8.17. The summed E-state index contributed by atoms with van der Waals surface area (Å²) >= 11 is 0. The molecule has 0 aliphatic carbocycles. The Morgan fingerprint density at radius 2 is 1.05 bits per heavy atom. The molecule has 0 aromatic rings. The first kappa shape index (κ1) is 58.8. The summed E-state index contributed by atoms with van der Waals surface area (Å²) in [5, 5.41) is 55.3. The molecule has 62 heavy (non-hydrogen) atoms. The molecule has 368 valence electrons. The minimum Gasteiger partial charge on any atom is -0.394 e. The molecule has 14 heteroatoms. The molecule has 0 unspecified atom stereocenters. The van der Waals surface area contributed by atoms with Crippen LogP contribution in [0.15, 0.2) is 12.2 Å². The van der Waals surface area contributed by atoms with Gasteiger partial charge in [-0.15, -0.1) is 0 Å². The van der Waals surface area contributed by atoms with Crippen LogP contribution in [0.1, 0.15) is 226 Å². The summed E-state index contributed by atoms with van der Waals surface area (Å²) in [4.78, 5) is 13.1. The van der Waals surface area contributed by atoms with Crippen LogP contribution < -0.4 is 5.32 Å². The fourth-order valence-corrected chi connectivity index (χ4v) is 8.68. The molecular weight excluding hydrogens is 815 g/mol. The lowest BCUT2D eigenvalue weighted by Gasteiger charge is -2.41. The van der Waals surface area contributed by atoms with Gasteiger partial charge in [-0.05, 0) is 19.3 Å². The highest BCUT2D eigenvalue weighted by molar-refractivity contribution is 7.80. The van der Waals surface area contributed by atoms with Crippen molar-refractivity contribution < 1.29 is 57.0 Å². The quantitative estimate of drug-likeness (QED) is 0.0173. The van der Waals surface area contributed by atoms with E-state index in [0.717, 1.165) is 38.5 Å². The third-order valence-electron chi connectivity index (χ3n) is 12.2. The first-order valence-corrected chi connectivity index (χ1v) is 26.5. The molecule has 0 spiro atoms. The third-order valence-corrected chi connectivity index (χ3v) is 12.6. The highest BCUT2D eigenvalue weighted by Crippen LogP contribution is 2.26. The summed E-state index contributed by atoms with van der Waals surface area (Å²) in [6, 6.07) is -1.11. The minimum absolute atomic E-state index is 0.248. The van der Waals surface area contributed by atoms with Crippen molar-refractivity contribution in [1.82, 2.24) is 5.32 Å². The molecule has 1 fully saturated rings. The van der Waals surface area contributed by atoms with Crippen LogP contribution in [-0.2, 0) is 28.9 Å². The van der Waals surface area contributed by atoms with Gasteiger partial charge in [0.2, 0.25) is 5.91 Å². The molecule has 1 saturated heterocycles. The van der Waals surface area contributed by atoms with E-state index >= 15 is 0 Å². The van der Waals surface area contributed by atoms with E-state index in [9.17, 15) is 43.3 Å². The van der Waals surface area contributed by atoms with Gasteiger partial charge in [0.15, 0.2) is 6.29 Å². The maximum absolute atomic E-state index is 13.1. The number of ether oxygens (including phenoxy) is 2. The first-order chi connectivity index (χ1) is 29.9. The molecule has 0 saturated carbocycles. The zero-order chi connectivity index (χ0) is 45.7. The van der Waals surface area contributed by atoms with Crippen molar-refractivity contribution in [2.24, 2.45) is 0 Å². The van der Waals surface area contributed by atoms with Gasteiger partial charge in [-0.25, -0.2) is 4.18 Å². The molecule has 0 aromatic carbocycles. The lowest BCUT2D eigenvalue weighted by molar-refractivity contribution is -0.298. The van der Waals surface area contributed by atoms with Crippen LogP contribution in [0.3, 0.4) is 0 Å². The molecule has 1 aliphatic heterocycles. The lowest BCUT2D eigenvalue weighted by atomic mass is 9.99. The molecule has 0 aromatic heterocycles. The molecule has 1 heterocycles. The summed E-state index contributed by atoms with van der Waals surface area (Å²) in [5.74, 6) is -0.699. The Labute approximate surface area is 377 Å². The number of carbonyl (C=O) groups excluding carboxylic acids is 1. The van der Waals surface area contributed by atoms with Crippen LogP contribution in [0.5, 0.6) is 0 Å². The molecule has 1 aliphatic rings. The van der Waals surface area contributed by atoms with Crippen molar-refractivity contribution in [3.63, 3.8) is 0 Å². The van der Waals surface area contributed by atoms with Gasteiger partial charge in [-0.2, -0.15) is 8.42 Å². The number of amides is 1. The number of hydrogen-bond donors (Lipinski definition) is 7. The zero-order valence-corrected chi connectivity index (χ0v) is 39.9. The number of aliphatic hydroxyl groups excluding tert-OH is 5. The second-order valence-electron chi connectivity index (χ2n) is 17.9. The van der Waals surface area contributed by atoms with E-state index < -0.39 is 78.5 Å². The molecule has 8 atom stereocenters. The summed E-state index contributed by atoms with van der Waals surface area (Å²) in [6.07, 6.45) is 31.5. The van der Waals surface area contributed by atoms with Crippen LogP contribution in [0.25, 0.3) is 0 Å². The Bertz CT molecular complexity index is 1180. The number of allylic oxidation sites excluding steroid dienone is 1. The van der Waals surface area contributed by atoms with E-state index in [1.807, 2.05) is 6.08 Å². The van der Waals surface area contributed by atoms with Crippen molar-refractivity contribution in [2.45, 2.75) is 275 Å². The van der Waals surface area contributed by atoms with Gasteiger partial charge in [0.05, 0.1) is 25.4 Å². The molecule has 1 amide bonds. The Hall–Kier alpha value is -1.20. The summed E-state index contributed by atoms with van der Waals surface area (Å²) in [5.41, 5.74) is 0. The third kappa shape index (κ3) is 30.8. The van der Waals surface area contributed by atoms with Gasteiger partial charge in [-0.3, -0.25) is 9.35 Å². The van der Waals surface area contributed by atoms with Crippen molar-refractivity contribution in [3.05, 3.63) is 12.2 Å². The average molecular weight is 908 g/mol. The van der Waals surface area contributed by atoms with Crippen LogP contribution in [0.4, 0.5) is 0 Å². The van der Waals surface area contributed by atoms with Crippen LogP contribution >= 0.6 is 0 Å². The largest absolute Gasteiger partial charge is 0.397 e. The predicted octanol–water partition coefficient (Wildman–Crippen LogP) is 9.31. The van der Waals surface area contributed by atoms with Crippen molar-refractivity contribution in [3.8, 4) is 0 Å². The second kappa shape index (κ2) is 39.0. The van der Waals surface area contributed by atoms with Crippen molar-refractivity contribution in [2.75, 3.05) is 13.2 Å². The Morgan fingerprint density at radius 1 is 0.645 bits per heavy atom. The lowest BCUT2D eigenvalue weighted by Crippen LogP contribution is -2.61.